The molecule has 5 nitrogen and oxygen atoms in total. The fourth-order valence-corrected chi connectivity index (χ4v) is 4.51. The Morgan fingerprint density at radius 1 is 1.03 bits per heavy atom. The quantitative estimate of drug-likeness (QED) is 0.255. The number of hydrogen-bond donors (Lipinski definition) is 0. The van der Waals surface area contributed by atoms with Crippen molar-refractivity contribution in [1.82, 2.24) is 4.57 Å². The molecule has 3 aromatic carbocycles. The summed E-state index contributed by atoms with van der Waals surface area (Å²) >= 11 is 0. The number of carbonyl (C=O) groups is 1. The highest BCUT2D eigenvalue weighted by molar-refractivity contribution is 5.87. The van der Waals surface area contributed by atoms with Gasteiger partial charge in [0.1, 0.15) is 11.5 Å². The van der Waals surface area contributed by atoms with E-state index in [2.05, 4.69) is 59.2 Å². The van der Waals surface area contributed by atoms with Crippen molar-refractivity contribution in [1.29, 1.82) is 0 Å². The lowest BCUT2D eigenvalue weighted by molar-refractivity contribution is -0.141. The summed E-state index contributed by atoms with van der Waals surface area (Å²) in [4.78, 5) is 11.6. The second-order valence-corrected chi connectivity index (χ2v) is 8.30. The number of para-hydroxylation sites is 1. The van der Waals surface area contributed by atoms with Crippen molar-refractivity contribution in [2.45, 2.75) is 25.3 Å². The van der Waals surface area contributed by atoms with E-state index in [1.807, 2.05) is 24.3 Å². The van der Waals surface area contributed by atoms with Crippen LogP contribution in [0.5, 0.6) is 11.5 Å². The summed E-state index contributed by atoms with van der Waals surface area (Å²) < 4.78 is 19.0. The maximum absolute atomic E-state index is 11.6. The van der Waals surface area contributed by atoms with Gasteiger partial charge in [-0.3, -0.25) is 4.79 Å². The predicted octanol–water partition coefficient (Wildman–Crippen LogP) is 5.82. The van der Waals surface area contributed by atoms with Gasteiger partial charge >= 0.3 is 5.97 Å². The van der Waals surface area contributed by atoms with E-state index in [0.29, 0.717) is 19.6 Å². The van der Waals surface area contributed by atoms with Gasteiger partial charge in [0.15, 0.2) is 0 Å². The lowest BCUT2D eigenvalue weighted by Crippen LogP contribution is -2.09. The summed E-state index contributed by atoms with van der Waals surface area (Å²) in [6.45, 7) is 1.96. The standard InChI is InChI=1S/C28H27NO4/c1-31-28(30)17-22-19-33-27-18-23(12-13-24(22)27)32-15-7-14-29-25-11-6-5-10-21(25)16-26(29)20-8-3-2-4-9-20/h2-6,8-13,16,18,22H,7,14-15,17,19H2,1H3. The Morgan fingerprint density at radius 3 is 2.70 bits per heavy atom. The van der Waals surface area contributed by atoms with Crippen LogP contribution in [0.15, 0.2) is 78.9 Å². The fourth-order valence-electron chi connectivity index (χ4n) is 4.51. The second-order valence-electron chi connectivity index (χ2n) is 8.30. The Bertz CT molecular complexity index is 1260. The van der Waals surface area contributed by atoms with Gasteiger partial charge in [-0.05, 0) is 30.2 Å². The molecule has 168 valence electrons. The van der Waals surface area contributed by atoms with Gasteiger partial charge in [0, 0.05) is 40.7 Å². The van der Waals surface area contributed by atoms with Crippen LogP contribution >= 0.6 is 0 Å². The molecule has 2 heterocycles. The van der Waals surface area contributed by atoms with Crippen LogP contribution in [0.4, 0.5) is 0 Å². The van der Waals surface area contributed by atoms with Crippen molar-refractivity contribution in [3.8, 4) is 22.8 Å². The number of nitrogens with zero attached hydrogens (tertiary/aromatic N) is 1. The molecule has 1 unspecified atom stereocenters. The van der Waals surface area contributed by atoms with Crippen LogP contribution in [0.3, 0.4) is 0 Å². The van der Waals surface area contributed by atoms with Crippen molar-refractivity contribution in [2.24, 2.45) is 0 Å². The van der Waals surface area contributed by atoms with Gasteiger partial charge in [0.2, 0.25) is 0 Å². The Hall–Kier alpha value is -3.73. The Kier molecular flexibility index (Phi) is 6.03. The van der Waals surface area contributed by atoms with E-state index in [0.717, 1.165) is 30.0 Å². The van der Waals surface area contributed by atoms with Crippen molar-refractivity contribution in [3.05, 3.63) is 84.4 Å². The average molecular weight is 442 g/mol. The first-order valence-corrected chi connectivity index (χ1v) is 11.3. The molecule has 1 aliphatic heterocycles. The summed E-state index contributed by atoms with van der Waals surface area (Å²) in [5.74, 6) is 1.40. The van der Waals surface area contributed by atoms with Crippen molar-refractivity contribution in [3.63, 3.8) is 0 Å². The van der Waals surface area contributed by atoms with Crippen LogP contribution < -0.4 is 9.47 Å². The lowest BCUT2D eigenvalue weighted by Gasteiger charge is -2.12. The first kappa shape index (κ1) is 21.1. The van der Waals surface area contributed by atoms with Crippen molar-refractivity contribution in [2.75, 3.05) is 20.3 Å². The largest absolute Gasteiger partial charge is 0.493 e. The molecule has 0 saturated heterocycles. The SMILES string of the molecule is COC(=O)CC1COc2cc(OCCCn3c(-c4ccccc4)cc4ccccc43)ccc21. The molecule has 1 aliphatic rings. The van der Waals surface area contributed by atoms with E-state index in [4.69, 9.17) is 14.2 Å². The normalized spacial score (nSPS) is 14.6. The molecule has 0 amide bonds. The molecule has 1 aromatic heterocycles. The van der Waals surface area contributed by atoms with Crippen LogP contribution in [-0.2, 0) is 16.1 Å². The summed E-state index contributed by atoms with van der Waals surface area (Å²) in [6.07, 6.45) is 1.21. The van der Waals surface area contributed by atoms with Crippen LogP contribution in [0.25, 0.3) is 22.2 Å². The topological polar surface area (TPSA) is 49.7 Å². The van der Waals surface area contributed by atoms with E-state index >= 15 is 0 Å². The van der Waals surface area contributed by atoms with Gasteiger partial charge in [-0.2, -0.15) is 0 Å². The molecule has 0 saturated carbocycles. The van der Waals surface area contributed by atoms with E-state index in [1.165, 1.54) is 29.3 Å². The molecule has 5 heteroatoms. The molecule has 0 aliphatic carbocycles. The first-order valence-electron chi connectivity index (χ1n) is 11.3. The first-order chi connectivity index (χ1) is 16.2. The molecule has 0 bridgehead atoms. The molecule has 0 N–H and O–H groups in total. The second kappa shape index (κ2) is 9.41. The Labute approximate surface area is 193 Å². The van der Waals surface area contributed by atoms with Gasteiger partial charge in [-0.15, -0.1) is 0 Å². The van der Waals surface area contributed by atoms with E-state index in [1.54, 1.807) is 0 Å². The zero-order valence-corrected chi connectivity index (χ0v) is 18.7. The van der Waals surface area contributed by atoms with Gasteiger partial charge < -0.3 is 18.8 Å². The number of ether oxygens (including phenoxy) is 3. The zero-order valence-electron chi connectivity index (χ0n) is 18.7. The van der Waals surface area contributed by atoms with E-state index in [-0.39, 0.29) is 11.9 Å². The molecule has 1 atom stereocenters. The van der Waals surface area contributed by atoms with Gasteiger partial charge in [0.05, 0.1) is 26.7 Å². The molecule has 5 rings (SSSR count). The monoisotopic (exact) mass is 441 g/mol. The molecular formula is C28H27NO4. The molecule has 0 fully saturated rings. The fraction of sp³-hybridized carbons (Fsp3) is 0.250. The Balaban J connectivity index is 1.25. The number of esters is 1. The van der Waals surface area contributed by atoms with Gasteiger partial charge in [0.25, 0.3) is 0 Å². The maximum Gasteiger partial charge on any atom is 0.306 e. The summed E-state index contributed by atoms with van der Waals surface area (Å²) in [5.41, 5.74) is 4.71. The number of aromatic nitrogens is 1. The molecule has 0 spiro atoms. The number of hydrogen-bond acceptors (Lipinski definition) is 4. The van der Waals surface area contributed by atoms with Crippen LogP contribution in [0.2, 0.25) is 0 Å². The molecule has 33 heavy (non-hydrogen) atoms. The summed E-state index contributed by atoms with van der Waals surface area (Å²) in [7, 11) is 1.41. The number of carbonyl (C=O) groups excluding carboxylic acids is 1. The highest BCUT2D eigenvalue weighted by Crippen LogP contribution is 2.38. The number of fused-ring (bicyclic) bond motifs is 2. The third kappa shape index (κ3) is 4.44. The molecular weight excluding hydrogens is 414 g/mol. The van der Waals surface area contributed by atoms with Gasteiger partial charge in [-0.1, -0.05) is 54.6 Å². The Morgan fingerprint density at radius 2 is 1.85 bits per heavy atom. The third-order valence-electron chi connectivity index (χ3n) is 6.18. The minimum atomic E-state index is -0.218. The van der Waals surface area contributed by atoms with Crippen molar-refractivity contribution >= 4 is 16.9 Å². The highest BCUT2D eigenvalue weighted by atomic mass is 16.5. The predicted molar refractivity (Wildman–Crippen MR) is 129 cm³/mol. The minimum absolute atomic E-state index is 0.0416. The van der Waals surface area contributed by atoms with Gasteiger partial charge in [-0.25, -0.2) is 0 Å². The number of methoxy groups -OCH3 is 1. The minimum Gasteiger partial charge on any atom is -0.493 e. The highest BCUT2D eigenvalue weighted by Gasteiger charge is 2.27. The zero-order chi connectivity index (χ0) is 22.6. The van der Waals surface area contributed by atoms with E-state index in [9.17, 15) is 4.79 Å². The van der Waals surface area contributed by atoms with Crippen LogP contribution in [-0.4, -0.2) is 30.9 Å². The smallest absolute Gasteiger partial charge is 0.306 e. The number of rotatable bonds is 8. The van der Waals surface area contributed by atoms with Crippen LogP contribution in [0.1, 0.15) is 24.3 Å². The van der Waals surface area contributed by atoms with Crippen LogP contribution in [0, 0.1) is 0 Å². The average Bonchev–Trinajstić information content (AvgIpc) is 3.43. The van der Waals surface area contributed by atoms with E-state index < -0.39 is 0 Å². The van der Waals surface area contributed by atoms with Crippen molar-refractivity contribution < 1.29 is 19.0 Å². The lowest BCUT2D eigenvalue weighted by atomic mass is 9.98. The summed E-state index contributed by atoms with van der Waals surface area (Å²) in [5, 5.41) is 1.24. The number of aryl methyl sites for hydroxylation is 1. The molecule has 0 radical (unpaired) electrons. The summed E-state index contributed by atoms with van der Waals surface area (Å²) in [6, 6.07) is 27.1. The third-order valence-corrected chi connectivity index (χ3v) is 6.18. The molecule has 4 aromatic rings. The maximum atomic E-state index is 11.6. The number of benzene rings is 3.